The van der Waals surface area contributed by atoms with E-state index < -0.39 is 23.6 Å². The van der Waals surface area contributed by atoms with Crippen LogP contribution in [-0.4, -0.2) is 30.6 Å². The zero-order chi connectivity index (χ0) is 15.1. The highest BCUT2D eigenvalue weighted by atomic mass is 19.1. The maximum atomic E-state index is 13.7. The van der Waals surface area contributed by atoms with Crippen molar-refractivity contribution in [1.82, 2.24) is 5.32 Å². The fourth-order valence-electron chi connectivity index (χ4n) is 1.86. The van der Waals surface area contributed by atoms with Crippen molar-refractivity contribution in [2.75, 3.05) is 13.7 Å². The van der Waals surface area contributed by atoms with Gasteiger partial charge in [-0.1, -0.05) is 19.4 Å². The van der Waals surface area contributed by atoms with Crippen LogP contribution in [0, 0.1) is 11.7 Å². The minimum Gasteiger partial charge on any atom is -0.496 e. The van der Waals surface area contributed by atoms with E-state index in [0.29, 0.717) is 12.8 Å². The van der Waals surface area contributed by atoms with E-state index in [0.717, 1.165) is 6.07 Å². The number of carbonyl (C=O) groups excluding carboxylic acids is 1. The highest BCUT2D eigenvalue weighted by Gasteiger charge is 2.21. The lowest BCUT2D eigenvalue weighted by Crippen LogP contribution is -2.33. The van der Waals surface area contributed by atoms with Crippen molar-refractivity contribution in [3.63, 3.8) is 0 Å². The van der Waals surface area contributed by atoms with Gasteiger partial charge in [0.05, 0.1) is 13.0 Å². The Morgan fingerprint density at radius 3 is 2.70 bits per heavy atom. The molecule has 0 spiro atoms. The first-order chi connectivity index (χ1) is 9.51. The van der Waals surface area contributed by atoms with Crippen molar-refractivity contribution < 1.29 is 23.8 Å². The molecule has 20 heavy (non-hydrogen) atoms. The summed E-state index contributed by atoms with van der Waals surface area (Å²) in [5.74, 6) is -2.93. The van der Waals surface area contributed by atoms with Crippen LogP contribution in [0.15, 0.2) is 18.2 Å². The van der Waals surface area contributed by atoms with Gasteiger partial charge >= 0.3 is 5.97 Å². The predicted molar refractivity (Wildman–Crippen MR) is 71.3 cm³/mol. The second-order valence-electron chi connectivity index (χ2n) is 4.35. The summed E-state index contributed by atoms with van der Waals surface area (Å²) in [5, 5.41) is 11.4. The lowest BCUT2D eigenvalue weighted by atomic mass is 10.0. The number of hydrogen-bond donors (Lipinski definition) is 2. The smallest absolute Gasteiger partial charge is 0.308 e. The van der Waals surface area contributed by atoms with Crippen molar-refractivity contribution in [2.24, 2.45) is 5.92 Å². The van der Waals surface area contributed by atoms with Crippen LogP contribution in [0.4, 0.5) is 4.39 Å². The summed E-state index contributed by atoms with van der Waals surface area (Å²) in [6.45, 7) is 1.82. The number of benzene rings is 1. The third-order valence-electron chi connectivity index (χ3n) is 2.92. The molecule has 110 valence electrons. The number of halogens is 1. The van der Waals surface area contributed by atoms with Gasteiger partial charge < -0.3 is 15.2 Å². The molecule has 1 aromatic rings. The highest BCUT2D eigenvalue weighted by molar-refractivity contribution is 5.97. The first kappa shape index (κ1) is 15.9. The van der Waals surface area contributed by atoms with E-state index in [-0.39, 0.29) is 17.9 Å². The zero-order valence-corrected chi connectivity index (χ0v) is 11.5. The van der Waals surface area contributed by atoms with Gasteiger partial charge in [0.15, 0.2) is 0 Å². The number of amides is 1. The molecule has 0 aliphatic carbocycles. The van der Waals surface area contributed by atoms with Crippen LogP contribution < -0.4 is 10.1 Å². The molecular formula is C14H18FNO4. The molecule has 0 heterocycles. The Kier molecular flexibility index (Phi) is 5.96. The van der Waals surface area contributed by atoms with E-state index >= 15 is 0 Å². The van der Waals surface area contributed by atoms with Crippen molar-refractivity contribution in [1.29, 1.82) is 0 Å². The number of rotatable bonds is 7. The summed E-state index contributed by atoms with van der Waals surface area (Å²) in [7, 11) is 1.34. The minimum atomic E-state index is -0.979. The SMILES string of the molecule is CCCC(CNC(=O)c1c(F)cccc1OC)C(=O)O. The average molecular weight is 283 g/mol. The second kappa shape index (κ2) is 7.47. The van der Waals surface area contributed by atoms with Crippen LogP contribution >= 0.6 is 0 Å². The fraction of sp³-hybridized carbons (Fsp3) is 0.429. The maximum absolute atomic E-state index is 13.7. The molecule has 2 N–H and O–H groups in total. The summed E-state index contributed by atoms with van der Waals surface area (Å²) >= 11 is 0. The van der Waals surface area contributed by atoms with Gasteiger partial charge in [-0.15, -0.1) is 0 Å². The summed E-state index contributed by atoms with van der Waals surface area (Å²) in [4.78, 5) is 22.9. The van der Waals surface area contributed by atoms with E-state index in [9.17, 15) is 14.0 Å². The lowest BCUT2D eigenvalue weighted by Gasteiger charge is -2.14. The van der Waals surface area contributed by atoms with Gasteiger partial charge in [0.2, 0.25) is 0 Å². The monoisotopic (exact) mass is 283 g/mol. The summed E-state index contributed by atoms with van der Waals surface area (Å²) in [5.41, 5.74) is -0.212. The summed E-state index contributed by atoms with van der Waals surface area (Å²) < 4.78 is 18.6. The third-order valence-corrected chi connectivity index (χ3v) is 2.92. The van der Waals surface area contributed by atoms with Crippen LogP contribution in [0.3, 0.4) is 0 Å². The molecule has 0 fully saturated rings. The summed E-state index contributed by atoms with van der Waals surface area (Å²) in [6, 6.07) is 4.05. The molecule has 6 heteroatoms. The van der Waals surface area contributed by atoms with Crippen LogP contribution in [0.5, 0.6) is 5.75 Å². The van der Waals surface area contributed by atoms with E-state index in [2.05, 4.69) is 5.32 Å². The van der Waals surface area contributed by atoms with E-state index in [1.165, 1.54) is 19.2 Å². The van der Waals surface area contributed by atoms with Crippen molar-refractivity contribution in [2.45, 2.75) is 19.8 Å². The van der Waals surface area contributed by atoms with E-state index in [1.807, 2.05) is 6.92 Å². The minimum absolute atomic E-state index is 0.0422. The van der Waals surface area contributed by atoms with Crippen LogP contribution in [0.1, 0.15) is 30.1 Å². The average Bonchev–Trinajstić information content (AvgIpc) is 2.42. The number of hydrogen-bond acceptors (Lipinski definition) is 3. The molecule has 1 aromatic carbocycles. The van der Waals surface area contributed by atoms with Crippen molar-refractivity contribution >= 4 is 11.9 Å². The van der Waals surface area contributed by atoms with Crippen molar-refractivity contribution in [3.8, 4) is 5.75 Å². The molecular weight excluding hydrogens is 265 g/mol. The Hall–Kier alpha value is -2.11. The Bertz CT molecular complexity index is 490. The van der Waals surface area contributed by atoms with Gasteiger partial charge in [-0.05, 0) is 18.6 Å². The predicted octanol–water partition coefficient (Wildman–Crippen LogP) is 2.06. The lowest BCUT2D eigenvalue weighted by molar-refractivity contribution is -0.141. The molecule has 5 nitrogen and oxygen atoms in total. The van der Waals surface area contributed by atoms with Gasteiger partial charge in [-0.25, -0.2) is 4.39 Å². The normalized spacial score (nSPS) is 11.8. The first-order valence-corrected chi connectivity index (χ1v) is 6.34. The van der Waals surface area contributed by atoms with Crippen LogP contribution in [-0.2, 0) is 4.79 Å². The molecule has 1 amide bonds. The number of methoxy groups -OCH3 is 1. The molecule has 0 aromatic heterocycles. The molecule has 1 unspecified atom stereocenters. The number of carbonyl (C=O) groups is 2. The van der Waals surface area contributed by atoms with Gasteiger partial charge in [-0.3, -0.25) is 9.59 Å². The van der Waals surface area contributed by atoms with Gasteiger partial charge in [0, 0.05) is 6.54 Å². The topological polar surface area (TPSA) is 75.6 Å². The Morgan fingerprint density at radius 1 is 1.45 bits per heavy atom. The Morgan fingerprint density at radius 2 is 2.15 bits per heavy atom. The third kappa shape index (κ3) is 3.94. The Labute approximate surface area is 116 Å². The van der Waals surface area contributed by atoms with Crippen molar-refractivity contribution in [3.05, 3.63) is 29.6 Å². The molecule has 1 atom stereocenters. The Balaban J connectivity index is 2.79. The van der Waals surface area contributed by atoms with Crippen LogP contribution in [0.2, 0.25) is 0 Å². The largest absolute Gasteiger partial charge is 0.496 e. The van der Waals surface area contributed by atoms with Gasteiger partial charge in [-0.2, -0.15) is 0 Å². The molecule has 0 aliphatic rings. The zero-order valence-electron chi connectivity index (χ0n) is 11.5. The number of carboxylic acids is 1. The maximum Gasteiger partial charge on any atom is 0.308 e. The molecule has 0 saturated carbocycles. The quantitative estimate of drug-likeness (QED) is 0.803. The number of carboxylic acid groups (broad SMARTS) is 1. The second-order valence-corrected chi connectivity index (χ2v) is 4.35. The number of ether oxygens (including phenoxy) is 1. The fourth-order valence-corrected chi connectivity index (χ4v) is 1.86. The molecule has 0 saturated heterocycles. The molecule has 0 aliphatic heterocycles. The van der Waals surface area contributed by atoms with E-state index in [4.69, 9.17) is 9.84 Å². The van der Waals surface area contributed by atoms with Gasteiger partial charge in [0.25, 0.3) is 5.91 Å². The molecule has 0 radical (unpaired) electrons. The number of aliphatic carboxylic acids is 1. The molecule has 0 bridgehead atoms. The van der Waals surface area contributed by atoms with Gasteiger partial charge in [0.1, 0.15) is 17.1 Å². The number of nitrogens with one attached hydrogen (secondary N) is 1. The first-order valence-electron chi connectivity index (χ1n) is 6.34. The van der Waals surface area contributed by atoms with E-state index in [1.54, 1.807) is 0 Å². The highest BCUT2D eigenvalue weighted by Crippen LogP contribution is 2.21. The standard InChI is InChI=1S/C14H18FNO4/c1-3-5-9(14(18)19)8-16-13(17)12-10(15)6-4-7-11(12)20-2/h4,6-7,9H,3,5,8H2,1-2H3,(H,16,17)(H,18,19). The molecule has 1 rings (SSSR count). The van der Waals surface area contributed by atoms with Crippen LogP contribution in [0.25, 0.3) is 0 Å². The summed E-state index contributed by atoms with van der Waals surface area (Å²) in [6.07, 6.45) is 1.14.